The van der Waals surface area contributed by atoms with Crippen LogP contribution in [0.25, 0.3) is 0 Å². The summed E-state index contributed by atoms with van der Waals surface area (Å²) in [5.74, 6) is -4.69. The van der Waals surface area contributed by atoms with Crippen LogP contribution in [0.3, 0.4) is 0 Å². The molecule has 0 atom stereocenters. The number of carboxylic acid groups (broad SMARTS) is 1. The number of rotatable bonds is 10. The van der Waals surface area contributed by atoms with E-state index in [1.54, 1.807) is 0 Å². The molecule has 1 aromatic carbocycles. The zero-order valence-electron chi connectivity index (χ0n) is 14.4. The summed E-state index contributed by atoms with van der Waals surface area (Å²) in [5, 5.41) is 9.37. The lowest BCUT2D eigenvalue weighted by Crippen LogP contribution is -2.23. The second-order valence-corrected chi connectivity index (χ2v) is 4.88. The number of carboxylic acids is 1. The summed E-state index contributed by atoms with van der Waals surface area (Å²) in [4.78, 5) is 48.6. The number of carbonyl (C=O) groups is 4. The van der Waals surface area contributed by atoms with Gasteiger partial charge in [0.1, 0.15) is 19.8 Å². The standard InChI is InChI=1S/C19H18O8/c1-4-9-25-17(22)13-8-7-12(16(20)21)14(18(23)26-10-5-2)15(13)19(24)27-11-6-3/h4-8H,1-3,9-11H2,(H,20,21). The molecular formula is C19H18O8. The van der Waals surface area contributed by atoms with Gasteiger partial charge in [0.05, 0.1) is 22.3 Å². The van der Waals surface area contributed by atoms with Crippen molar-refractivity contribution < 1.29 is 38.5 Å². The topological polar surface area (TPSA) is 116 Å². The normalized spacial score (nSPS) is 9.63. The molecule has 142 valence electrons. The van der Waals surface area contributed by atoms with Gasteiger partial charge in [0, 0.05) is 0 Å². The van der Waals surface area contributed by atoms with Gasteiger partial charge in [-0.1, -0.05) is 38.0 Å². The first kappa shape index (κ1) is 21.4. The van der Waals surface area contributed by atoms with Crippen LogP contribution in [0.4, 0.5) is 0 Å². The third-order valence-corrected chi connectivity index (χ3v) is 3.06. The van der Waals surface area contributed by atoms with Crippen molar-refractivity contribution >= 4 is 23.9 Å². The molecule has 1 N–H and O–H groups in total. The highest BCUT2D eigenvalue weighted by Crippen LogP contribution is 2.23. The van der Waals surface area contributed by atoms with E-state index in [-0.39, 0.29) is 25.4 Å². The van der Waals surface area contributed by atoms with E-state index in [1.807, 2.05) is 0 Å². The van der Waals surface area contributed by atoms with Crippen LogP contribution in [0, 0.1) is 0 Å². The average molecular weight is 374 g/mol. The molecule has 0 aliphatic heterocycles. The summed E-state index contributed by atoms with van der Waals surface area (Å²) in [6.07, 6.45) is 3.83. The largest absolute Gasteiger partial charge is 0.478 e. The van der Waals surface area contributed by atoms with Gasteiger partial charge in [0.2, 0.25) is 0 Å². The first-order chi connectivity index (χ1) is 12.9. The van der Waals surface area contributed by atoms with Gasteiger partial charge in [-0.25, -0.2) is 19.2 Å². The third-order valence-electron chi connectivity index (χ3n) is 3.06. The Morgan fingerprint density at radius 1 is 0.741 bits per heavy atom. The number of esters is 3. The van der Waals surface area contributed by atoms with Crippen molar-refractivity contribution in [2.45, 2.75) is 0 Å². The van der Waals surface area contributed by atoms with Crippen molar-refractivity contribution in [2.75, 3.05) is 19.8 Å². The predicted octanol–water partition coefficient (Wildman–Crippen LogP) is 2.41. The van der Waals surface area contributed by atoms with E-state index < -0.39 is 40.6 Å². The van der Waals surface area contributed by atoms with E-state index in [2.05, 4.69) is 19.7 Å². The maximum absolute atomic E-state index is 12.5. The van der Waals surface area contributed by atoms with Crippen LogP contribution in [-0.2, 0) is 14.2 Å². The van der Waals surface area contributed by atoms with Crippen molar-refractivity contribution in [3.05, 3.63) is 72.4 Å². The smallest absolute Gasteiger partial charge is 0.340 e. The minimum Gasteiger partial charge on any atom is -0.478 e. The summed E-state index contributed by atoms with van der Waals surface area (Å²) in [6, 6.07) is 2.06. The van der Waals surface area contributed by atoms with Crippen molar-refractivity contribution in [1.29, 1.82) is 0 Å². The van der Waals surface area contributed by atoms with Crippen molar-refractivity contribution in [1.82, 2.24) is 0 Å². The lowest BCUT2D eigenvalue weighted by Gasteiger charge is -2.14. The van der Waals surface area contributed by atoms with Gasteiger partial charge in [-0.05, 0) is 12.1 Å². The monoisotopic (exact) mass is 374 g/mol. The highest BCUT2D eigenvalue weighted by Gasteiger charge is 2.32. The molecule has 8 nitrogen and oxygen atoms in total. The van der Waals surface area contributed by atoms with Crippen LogP contribution < -0.4 is 0 Å². The van der Waals surface area contributed by atoms with Crippen LogP contribution >= 0.6 is 0 Å². The van der Waals surface area contributed by atoms with Gasteiger partial charge in [-0.2, -0.15) is 0 Å². The Bertz CT molecular complexity index is 791. The van der Waals surface area contributed by atoms with Crippen molar-refractivity contribution in [3.8, 4) is 0 Å². The Kier molecular flexibility index (Phi) is 8.18. The SMILES string of the molecule is C=CCOC(=O)c1ccc(C(=O)O)c(C(=O)OCC=C)c1C(=O)OCC=C. The van der Waals surface area contributed by atoms with E-state index in [0.29, 0.717) is 0 Å². The lowest BCUT2D eigenvalue weighted by molar-refractivity contribution is 0.0478. The quantitative estimate of drug-likeness (QED) is 0.377. The molecule has 27 heavy (non-hydrogen) atoms. The number of benzene rings is 1. The minimum atomic E-state index is -1.50. The number of aromatic carboxylic acids is 1. The molecular weight excluding hydrogens is 356 g/mol. The second-order valence-electron chi connectivity index (χ2n) is 4.88. The Morgan fingerprint density at radius 3 is 1.52 bits per heavy atom. The number of hydrogen-bond acceptors (Lipinski definition) is 7. The van der Waals surface area contributed by atoms with Gasteiger partial charge in [-0.3, -0.25) is 0 Å². The number of hydrogen-bond donors (Lipinski definition) is 1. The fraction of sp³-hybridized carbons (Fsp3) is 0.158. The molecule has 0 unspecified atom stereocenters. The summed E-state index contributed by atoms with van der Waals surface area (Å²) in [7, 11) is 0. The van der Waals surface area contributed by atoms with Crippen LogP contribution in [-0.4, -0.2) is 48.8 Å². The highest BCUT2D eigenvalue weighted by atomic mass is 16.5. The van der Waals surface area contributed by atoms with E-state index in [9.17, 15) is 24.3 Å². The first-order valence-corrected chi connectivity index (χ1v) is 7.63. The molecule has 1 rings (SSSR count). The minimum absolute atomic E-state index is 0.156. The Morgan fingerprint density at radius 2 is 1.11 bits per heavy atom. The summed E-state index contributed by atoms with van der Waals surface area (Å²) >= 11 is 0. The first-order valence-electron chi connectivity index (χ1n) is 7.63. The molecule has 0 bridgehead atoms. The summed E-state index contributed by atoms with van der Waals surface area (Å²) < 4.78 is 14.6. The zero-order valence-corrected chi connectivity index (χ0v) is 14.4. The van der Waals surface area contributed by atoms with Gasteiger partial charge < -0.3 is 19.3 Å². The fourth-order valence-electron chi connectivity index (χ4n) is 2.00. The second kappa shape index (κ2) is 10.3. The molecule has 0 radical (unpaired) electrons. The molecule has 0 saturated heterocycles. The molecule has 0 saturated carbocycles. The molecule has 0 aliphatic rings. The molecule has 0 amide bonds. The summed E-state index contributed by atoms with van der Waals surface area (Å²) in [5.41, 5.74) is -2.07. The van der Waals surface area contributed by atoms with E-state index >= 15 is 0 Å². The molecule has 0 aliphatic carbocycles. The number of carbonyl (C=O) groups excluding carboxylic acids is 3. The van der Waals surface area contributed by atoms with Crippen LogP contribution in [0.15, 0.2) is 50.1 Å². The molecule has 0 fully saturated rings. The van der Waals surface area contributed by atoms with Gasteiger partial charge in [0.25, 0.3) is 0 Å². The van der Waals surface area contributed by atoms with E-state index in [1.165, 1.54) is 18.2 Å². The molecule has 0 aromatic heterocycles. The molecule has 0 heterocycles. The van der Waals surface area contributed by atoms with Crippen molar-refractivity contribution in [3.63, 3.8) is 0 Å². The fourth-order valence-corrected chi connectivity index (χ4v) is 2.00. The Hall–Kier alpha value is -3.68. The zero-order chi connectivity index (χ0) is 20.4. The van der Waals surface area contributed by atoms with Crippen molar-refractivity contribution in [2.24, 2.45) is 0 Å². The average Bonchev–Trinajstić information content (AvgIpc) is 2.66. The van der Waals surface area contributed by atoms with E-state index in [4.69, 9.17) is 14.2 Å². The van der Waals surface area contributed by atoms with Gasteiger partial charge in [-0.15, -0.1) is 0 Å². The maximum atomic E-state index is 12.5. The van der Waals surface area contributed by atoms with E-state index in [0.717, 1.165) is 12.1 Å². The van der Waals surface area contributed by atoms with Crippen LogP contribution in [0.1, 0.15) is 41.4 Å². The molecule has 0 spiro atoms. The molecule has 1 aromatic rings. The third kappa shape index (κ3) is 5.40. The van der Waals surface area contributed by atoms with Gasteiger partial charge in [0.15, 0.2) is 0 Å². The maximum Gasteiger partial charge on any atom is 0.340 e. The highest BCUT2D eigenvalue weighted by molar-refractivity contribution is 6.14. The Labute approximate surface area is 155 Å². The Balaban J connectivity index is 3.66. The van der Waals surface area contributed by atoms with Crippen LogP contribution in [0.2, 0.25) is 0 Å². The predicted molar refractivity (Wildman–Crippen MR) is 94.8 cm³/mol. The lowest BCUT2D eigenvalue weighted by atomic mass is 9.95. The summed E-state index contributed by atoms with van der Waals surface area (Å²) in [6.45, 7) is 9.56. The van der Waals surface area contributed by atoms with Gasteiger partial charge >= 0.3 is 23.9 Å². The van der Waals surface area contributed by atoms with Crippen LogP contribution in [0.5, 0.6) is 0 Å². The molecule has 8 heteroatoms. The number of ether oxygens (including phenoxy) is 3.